The van der Waals surface area contributed by atoms with Crippen LogP contribution in [-0.4, -0.2) is 31.4 Å². The summed E-state index contributed by atoms with van der Waals surface area (Å²) in [4.78, 5) is 31.6. The number of hydrogen-bond donors (Lipinski definition) is 3. The Bertz CT molecular complexity index is 928. The third-order valence-corrected chi connectivity index (χ3v) is 5.05. The Hall–Kier alpha value is -3.35. The molecule has 0 saturated carbocycles. The maximum Gasteiger partial charge on any atom is 0.322 e. The molecule has 1 heterocycles. The van der Waals surface area contributed by atoms with E-state index in [0.717, 1.165) is 33.7 Å². The first-order valence-electron chi connectivity index (χ1n) is 8.90. The molecule has 3 amide bonds. The Morgan fingerprint density at radius 3 is 2.54 bits per heavy atom. The van der Waals surface area contributed by atoms with Gasteiger partial charge in [-0.2, -0.15) is 0 Å². The Morgan fingerprint density at radius 2 is 1.86 bits per heavy atom. The van der Waals surface area contributed by atoms with E-state index in [4.69, 9.17) is 9.53 Å². The molecule has 7 heteroatoms. The van der Waals surface area contributed by atoms with Crippen LogP contribution in [-0.2, 0) is 29.0 Å². The molecule has 1 saturated heterocycles. The number of amides is 3. The molecular weight excluding hydrogens is 358 g/mol. The molecule has 1 aliphatic carbocycles. The second kappa shape index (κ2) is 7.72. The number of urea groups is 1. The van der Waals surface area contributed by atoms with Crippen LogP contribution in [0.15, 0.2) is 36.4 Å². The Kier molecular flexibility index (Phi) is 5.35. The number of methoxy groups -OCH3 is 1. The predicted molar refractivity (Wildman–Crippen MR) is 105 cm³/mol. The van der Waals surface area contributed by atoms with Crippen molar-refractivity contribution in [2.24, 2.45) is 0 Å². The van der Waals surface area contributed by atoms with Crippen LogP contribution in [0.5, 0.6) is 5.75 Å². The summed E-state index contributed by atoms with van der Waals surface area (Å²) in [6, 6.07) is 11.8. The standard InChI is InChI=1S/C20H21N3O3.CH2O/c1-12-5-13(7-17(6-12)26-2)11-21-16-4-3-14-9-20(10-15(14)8-16)18(24)22-19(25)23-20;1-2/h3-8,21H,9-11H2,1-2H3,(H2,22,23,24,25);1H2. The minimum absolute atomic E-state index is 0.236. The van der Waals surface area contributed by atoms with Gasteiger partial charge in [0.2, 0.25) is 0 Å². The van der Waals surface area contributed by atoms with Crippen LogP contribution >= 0.6 is 0 Å². The van der Waals surface area contributed by atoms with Gasteiger partial charge in [0.05, 0.1) is 7.11 Å². The number of hydrogen-bond acceptors (Lipinski definition) is 5. The van der Waals surface area contributed by atoms with Crippen molar-refractivity contribution in [3.63, 3.8) is 0 Å². The lowest BCUT2D eigenvalue weighted by Crippen LogP contribution is -2.47. The van der Waals surface area contributed by atoms with E-state index in [1.165, 1.54) is 0 Å². The van der Waals surface area contributed by atoms with Crippen molar-refractivity contribution in [1.82, 2.24) is 10.6 Å². The molecule has 2 aromatic carbocycles. The summed E-state index contributed by atoms with van der Waals surface area (Å²) in [7, 11) is 1.67. The summed E-state index contributed by atoms with van der Waals surface area (Å²) >= 11 is 0. The van der Waals surface area contributed by atoms with Crippen molar-refractivity contribution in [1.29, 1.82) is 0 Å². The summed E-state index contributed by atoms with van der Waals surface area (Å²) in [5.41, 5.74) is 4.66. The highest BCUT2D eigenvalue weighted by molar-refractivity contribution is 6.07. The largest absolute Gasteiger partial charge is 0.497 e. The highest BCUT2D eigenvalue weighted by Crippen LogP contribution is 2.34. The number of imide groups is 1. The number of fused-ring (bicyclic) bond motifs is 1. The number of carbonyl (C=O) groups excluding carboxylic acids is 3. The molecule has 1 unspecified atom stereocenters. The van der Waals surface area contributed by atoms with Gasteiger partial charge in [-0.3, -0.25) is 10.1 Å². The quantitative estimate of drug-likeness (QED) is 0.705. The van der Waals surface area contributed by atoms with E-state index in [-0.39, 0.29) is 5.91 Å². The Morgan fingerprint density at radius 1 is 1.11 bits per heavy atom. The van der Waals surface area contributed by atoms with E-state index in [9.17, 15) is 9.59 Å². The Balaban J connectivity index is 0.00000109. The third kappa shape index (κ3) is 3.69. The van der Waals surface area contributed by atoms with Crippen LogP contribution in [0.3, 0.4) is 0 Å². The lowest BCUT2D eigenvalue weighted by Gasteiger charge is -2.18. The summed E-state index contributed by atoms with van der Waals surface area (Å²) in [5, 5.41) is 8.56. The maximum atomic E-state index is 12.1. The lowest BCUT2D eigenvalue weighted by atomic mass is 9.96. The van der Waals surface area contributed by atoms with Crippen molar-refractivity contribution >= 4 is 24.4 Å². The summed E-state index contributed by atoms with van der Waals surface area (Å²) in [6.07, 6.45) is 1.06. The van der Waals surface area contributed by atoms with Gasteiger partial charge in [0.15, 0.2) is 0 Å². The first-order chi connectivity index (χ1) is 13.5. The smallest absolute Gasteiger partial charge is 0.322 e. The Labute approximate surface area is 163 Å². The van der Waals surface area contributed by atoms with Gasteiger partial charge in [-0.15, -0.1) is 0 Å². The van der Waals surface area contributed by atoms with Gasteiger partial charge in [0.25, 0.3) is 5.91 Å². The zero-order valence-corrected chi connectivity index (χ0v) is 15.9. The fourth-order valence-corrected chi connectivity index (χ4v) is 3.81. The van der Waals surface area contributed by atoms with E-state index in [1.54, 1.807) is 7.11 Å². The van der Waals surface area contributed by atoms with Crippen molar-refractivity contribution in [2.45, 2.75) is 31.8 Å². The summed E-state index contributed by atoms with van der Waals surface area (Å²) < 4.78 is 5.32. The van der Waals surface area contributed by atoms with Gasteiger partial charge in [0, 0.05) is 25.1 Å². The average molecular weight is 381 g/mol. The number of nitrogens with one attached hydrogen (secondary N) is 3. The fraction of sp³-hybridized carbons (Fsp3) is 0.286. The first-order valence-corrected chi connectivity index (χ1v) is 8.90. The second-order valence-corrected chi connectivity index (χ2v) is 7.04. The molecule has 2 aromatic rings. The lowest BCUT2D eigenvalue weighted by molar-refractivity contribution is -0.123. The fourth-order valence-electron chi connectivity index (χ4n) is 3.81. The van der Waals surface area contributed by atoms with Gasteiger partial charge in [0.1, 0.15) is 18.1 Å². The second-order valence-electron chi connectivity index (χ2n) is 7.04. The molecule has 0 radical (unpaired) electrons. The summed E-state index contributed by atoms with van der Waals surface area (Å²) in [5.74, 6) is 0.612. The first kappa shape index (κ1) is 19.4. The molecule has 0 bridgehead atoms. The van der Waals surface area contributed by atoms with E-state index in [2.05, 4.69) is 28.1 Å². The number of carbonyl (C=O) groups is 3. The minimum atomic E-state index is -0.818. The number of benzene rings is 2. The van der Waals surface area contributed by atoms with Crippen LogP contribution < -0.4 is 20.7 Å². The highest BCUT2D eigenvalue weighted by Gasteiger charge is 2.49. The topological polar surface area (TPSA) is 96.5 Å². The van der Waals surface area contributed by atoms with Crippen LogP contribution in [0.25, 0.3) is 0 Å². The normalized spacial score (nSPS) is 19.4. The predicted octanol–water partition coefficient (Wildman–Crippen LogP) is 2.11. The van der Waals surface area contributed by atoms with E-state index in [1.807, 2.05) is 38.0 Å². The van der Waals surface area contributed by atoms with Gasteiger partial charge in [-0.05, 0) is 53.4 Å². The van der Waals surface area contributed by atoms with Crippen molar-refractivity contribution < 1.29 is 19.1 Å². The van der Waals surface area contributed by atoms with Gasteiger partial charge < -0.3 is 20.2 Å². The number of aryl methyl sites for hydroxylation is 1. The van der Waals surface area contributed by atoms with Crippen LogP contribution in [0.1, 0.15) is 22.3 Å². The number of ether oxygens (including phenoxy) is 1. The van der Waals surface area contributed by atoms with E-state index >= 15 is 0 Å². The molecule has 4 rings (SSSR count). The maximum absolute atomic E-state index is 12.1. The third-order valence-electron chi connectivity index (χ3n) is 5.05. The molecule has 1 atom stereocenters. The number of rotatable bonds is 4. The van der Waals surface area contributed by atoms with Crippen LogP contribution in [0, 0.1) is 6.92 Å². The van der Waals surface area contributed by atoms with Crippen molar-refractivity contribution in [3.8, 4) is 5.75 Å². The molecule has 1 spiro atoms. The molecule has 1 aliphatic heterocycles. The van der Waals surface area contributed by atoms with Gasteiger partial charge in [-0.1, -0.05) is 12.1 Å². The van der Waals surface area contributed by atoms with Crippen LogP contribution in [0.2, 0.25) is 0 Å². The number of anilines is 1. The SMILES string of the molecule is C=O.COc1cc(C)cc(CNc2ccc3c(c2)CC2(C3)NC(=O)NC2=O)c1. The monoisotopic (exact) mass is 381 g/mol. The molecule has 1 fully saturated rings. The molecular formula is C21H23N3O4. The molecule has 28 heavy (non-hydrogen) atoms. The van der Waals surface area contributed by atoms with Crippen molar-refractivity contribution in [3.05, 3.63) is 58.7 Å². The van der Waals surface area contributed by atoms with Crippen LogP contribution in [0.4, 0.5) is 10.5 Å². The average Bonchev–Trinajstić information content (AvgIpc) is 3.18. The van der Waals surface area contributed by atoms with Gasteiger partial charge >= 0.3 is 6.03 Å². The van der Waals surface area contributed by atoms with Gasteiger partial charge in [-0.25, -0.2) is 4.79 Å². The minimum Gasteiger partial charge on any atom is -0.497 e. The van der Waals surface area contributed by atoms with E-state index in [0.29, 0.717) is 19.4 Å². The molecule has 0 aromatic heterocycles. The highest BCUT2D eigenvalue weighted by atomic mass is 16.5. The zero-order valence-electron chi connectivity index (χ0n) is 15.9. The zero-order chi connectivity index (χ0) is 20.3. The molecule has 7 nitrogen and oxygen atoms in total. The molecule has 146 valence electrons. The molecule has 3 N–H and O–H groups in total. The molecule has 2 aliphatic rings. The summed E-state index contributed by atoms with van der Waals surface area (Å²) in [6.45, 7) is 4.72. The van der Waals surface area contributed by atoms with Crippen molar-refractivity contribution in [2.75, 3.05) is 12.4 Å². The van der Waals surface area contributed by atoms with E-state index < -0.39 is 11.6 Å².